The summed E-state index contributed by atoms with van der Waals surface area (Å²) < 4.78 is 39.8. The minimum absolute atomic E-state index is 0.149. The van der Waals surface area contributed by atoms with E-state index >= 15 is 0 Å². The highest BCUT2D eigenvalue weighted by Crippen LogP contribution is 2.19. The first-order valence-corrected chi connectivity index (χ1v) is 8.40. The molecule has 0 aliphatic heterocycles. The Bertz CT molecular complexity index is 528. The number of nitrogens with zero attached hydrogens (tertiary/aromatic N) is 1. The van der Waals surface area contributed by atoms with Crippen molar-refractivity contribution in [1.82, 2.24) is 9.62 Å². The van der Waals surface area contributed by atoms with Crippen LogP contribution in [-0.2, 0) is 16.6 Å². The summed E-state index contributed by atoms with van der Waals surface area (Å²) in [4.78, 5) is 0.149. The summed E-state index contributed by atoms with van der Waals surface area (Å²) in [7, 11) is -3.53. The van der Waals surface area contributed by atoms with Crippen molar-refractivity contribution in [2.24, 2.45) is 0 Å². The molecule has 0 heterocycles. The molecule has 4 nitrogen and oxygen atoms in total. The quantitative estimate of drug-likeness (QED) is 0.750. The van der Waals surface area contributed by atoms with Gasteiger partial charge >= 0.3 is 0 Å². The van der Waals surface area contributed by atoms with Gasteiger partial charge in [-0.2, -0.15) is 4.31 Å². The molecule has 0 aromatic heterocycles. The van der Waals surface area contributed by atoms with E-state index in [2.05, 4.69) is 5.32 Å². The van der Waals surface area contributed by atoms with Crippen LogP contribution in [0, 0.1) is 5.82 Å². The van der Waals surface area contributed by atoms with Crippen LogP contribution in [-0.4, -0.2) is 32.4 Å². The van der Waals surface area contributed by atoms with Gasteiger partial charge in [0.15, 0.2) is 0 Å². The fourth-order valence-electron chi connectivity index (χ4n) is 1.96. The molecule has 1 rings (SSSR count). The Kier molecular flexibility index (Phi) is 6.58. The van der Waals surface area contributed by atoms with Gasteiger partial charge in [0.1, 0.15) is 5.82 Å². The number of hydrogen-bond donors (Lipinski definition) is 1. The summed E-state index contributed by atoms with van der Waals surface area (Å²) in [5.74, 6) is -0.382. The summed E-state index contributed by atoms with van der Waals surface area (Å²) in [5, 5.41) is 3.08. The van der Waals surface area contributed by atoms with Crippen LogP contribution in [0.5, 0.6) is 0 Å². The normalized spacial score (nSPS) is 12.1. The van der Waals surface area contributed by atoms with Crippen LogP contribution in [0.3, 0.4) is 0 Å². The van der Waals surface area contributed by atoms with Crippen LogP contribution >= 0.6 is 0 Å². The first-order valence-electron chi connectivity index (χ1n) is 6.96. The van der Waals surface area contributed by atoms with E-state index in [0.717, 1.165) is 13.0 Å². The zero-order valence-electron chi connectivity index (χ0n) is 12.3. The molecule has 0 saturated carbocycles. The van der Waals surface area contributed by atoms with Crippen molar-refractivity contribution in [1.29, 1.82) is 0 Å². The minimum atomic E-state index is -3.53. The first-order chi connectivity index (χ1) is 9.47. The Balaban J connectivity index is 3.05. The molecule has 0 aliphatic rings. The van der Waals surface area contributed by atoms with Crippen molar-refractivity contribution < 1.29 is 12.8 Å². The summed E-state index contributed by atoms with van der Waals surface area (Å²) in [6.07, 6.45) is 0.944. The molecule has 0 fully saturated rings. The van der Waals surface area contributed by atoms with Crippen molar-refractivity contribution in [2.45, 2.75) is 38.6 Å². The number of benzene rings is 1. The molecule has 0 saturated heterocycles. The van der Waals surface area contributed by atoms with E-state index in [1.54, 1.807) is 13.8 Å². The van der Waals surface area contributed by atoms with E-state index < -0.39 is 10.0 Å². The van der Waals surface area contributed by atoms with Crippen LogP contribution in [0.4, 0.5) is 4.39 Å². The van der Waals surface area contributed by atoms with Gasteiger partial charge < -0.3 is 5.32 Å². The summed E-state index contributed by atoms with van der Waals surface area (Å²) in [6, 6.07) is 3.97. The van der Waals surface area contributed by atoms with Crippen molar-refractivity contribution in [3.63, 3.8) is 0 Å². The maximum absolute atomic E-state index is 13.7. The van der Waals surface area contributed by atoms with Gasteiger partial charge in [-0.3, -0.25) is 0 Å². The van der Waals surface area contributed by atoms with Gasteiger partial charge in [0.2, 0.25) is 10.0 Å². The van der Waals surface area contributed by atoms with Crippen LogP contribution in [0.1, 0.15) is 32.8 Å². The molecule has 0 unspecified atom stereocenters. The van der Waals surface area contributed by atoms with E-state index in [1.807, 2.05) is 6.92 Å². The molecule has 6 heteroatoms. The highest BCUT2D eigenvalue weighted by atomic mass is 32.2. The van der Waals surface area contributed by atoms with E-state index in [4.69, 9.17) is 0 Å². The second-order valence-electron chi connectivity index (χ2n) is 4.52. The fraction of sp³-hybridized carbons (Fsp3) is 0.571. The predicted octanol–water partition coefficient (Wildman–Crippen LogP) is 2.36. The molecular formula is C14H23FN2O2S. The second kappa shape index (κ2) is 7.71. The molecule has 1 aromatic rings. The molecule has 0 bridgehead atoms. The molecule has 1 N–H and O–H groups in total. The fourth-order valence-corrected chi connectivity index (χ4v) is 3.47. The van der Waals surface area contributed by atoms with Crippen molar-refractivity contribution in [3.8, 4) is 0 Å². The van der Waals surface area contributed by atoms with Crippen LogP contribution < -0.4 is 5.32 Å². The lowest BCUT2D eigenvalue weighted by molar-refractivity contribution is 0.445. The van der Waals surface area contributed by atoms with Gasteiger partial charge in [-0.15, -0.1) is 0 Å². The van der Waals surface area contributed by atoms with Crippen molar-refractivity contribution in [3.05, 3.63) is 29.6 Å². The zero-order valence-corrected chi connectivity index (χ0v) is 13.1. The Morgan fingerprint density at radius 3 is 2.40 bits per heavy atom. The SMILES string of the molecule is CCCNCc1cc(S(=O)(=O)N(CC)CC)ccc1F. The van der Waals surface area contributed by atoms with Crippen LogP contribution in [0.15, 0.2) is 23.1 Å². The molecule has 114 valence electrons. The molecule has 1 aromatic carbocycles. The Morgan fingerprint density at radius 2 is 1.85 bits per heavy atom. The molecule has 0 radical (unpaired) electrons. The monoisotopic (exact) mass is 302 g/mol. The van der Waals surface area contributed by atoms with Gasteiger partial charge in [-0.05, 0) is 31.2 Å². The lowest BCUT2D eigenvalue weighted by atomic mass is 10.2. The van der Waals surface area contributed by atoms with Crippen LogP contribution in [0.25, 0.3) is 0 Å². The van der Waals surface area contributed by atoms with Crippen molar-refractivity contribution >= 4 is 10.0 Å². The molecule has 0 atom stereocenters. The molecule has 0 amide bonds. The van der Waals surface area contributed by atoms with E-state index in [-0.39, 0.29) is 10.7 Å². The van der Waals surface area contributed by atoms with Crippen LogP contribution in [0.2, 0.25) is 0 Å². The van der Waals surface area contributed by atoms with Gasteiger partial charge in [0, 0.05) is 25.2 Å². The number of rotatable bonds is 8. The van der Waals surface area contributed by atoms with Gasteiger partial charge in [-0.25, -0.2) is 12.8 Å². The highest BCUT2D eigenvalue weighted by molar-refractivity contribution is 7.89. The standard InChI is InChI=1S/C14H23FN2O2S/c1-4-9-16-11-12-10-13(7-8-14(12)15)20(18,19)17(5-2)6-3/h7-8,10,16H,4-6,9,11H2,1-3H3. The van der Waals surface area contributed by atoms with Gasteiger partial charge in [0.25, 0.3) is 0 Å². The summed E-state index contributed by atoms with van der Waals surface area (Å²) in [6.45, 7) is 7.50. The lowest BCUT2D eigenvalue weighted by Crippen LogP contribution is -2.30. The average Bonchev–Trinajstić information content (AvgIpc) is 2.42. The van der Waals surface area contributed by atoms with E-state index in [9.17, 15) is 12.8 Å². The predicted molar refractivity (Wildman–Crippen MR) is 78.5 cm³/mol. The third kappa shape index (κ3) is 4.01. The third-order valence-corrected chi connectivity index (χ3v) is 5.15. The highest BCUT2D eigenvalue weighted by Gasteiger charge is 2.22. The summed E-state index contributed by atoms with van der Waals surface area (Å²) in [5.41, 5.74) is 0.381. The topological polar surface area (TPSA) is 49.4 Å². The maximum atomic E-state index is 13.7. The number of hydrogen-bond acceptors (Lipinski definition) is 3. The number of sulfonamides is 1. The van der Waals surface area contributed by atoms with Crippen molar-refractivity contribution in [2.75, 3.05) is 19.6 Å². The molecule has 0 aliphatic carbocycles. The smallest absolute Gasteiger partial charge is 0.243 e. The number of halogens is 1. The Hall–Kier alpha value is -0.980. The minimum Gasteiger partial charge on any atom is -0.313 e. The molecular weight excluding hydrogens is 279 g/mol. The maximum Gasteiger partial charge on any atom is 0.243 e. The largest absolute Gasteiger partial charge is 0.313 e. The Morgan fingerprint density at radius 1 is 1.20 bits per heavy atom. The van der Waals surface area contributed by atoms with Gasteiger partial charge in [-0.1, -0.05) is 20.8 Å². The lowest BCUT2D eigenvalue weighted by Gasteiger charge is -2.19. The molecule has 0 spiro atoms. The van der Waals surface area contributed by atoms with E-state index in [1.165, 1.54) is 22.5 Å². The summed E-state index contributed by atoms with van der Waals surface area (Å²) >= 11 is 0. The molecule has 20 heavy (non-hydrogen) atoms. The second-order valence-corrected chi connectivity index (χ2v) is 6.46. The van der Waals surface area contributed by atoms with E-state index in [0.29, 0.717) is 25.2 Å². The Labute approximate surface area is 121 Å². The average molecular weight is 302 g/mol. The van der Waals surface area contributed by atoms with Gasteiger partial charge in [0.05, 0.1) is 4.90 Å². The number of nitrogens with one attached hydrogen (secondary N) is 1. The first kappa shape index (κ1) is 17.1. The zero-order chi connectivity index (χ0) is 15.2. The third-order valence-electron chi connectivity index (χ3n) is 3.10.